The Kier molecular flexibility index (Phi) is 3.65. The second kappa shape index (κ2) is 5.38. The Bertz CT molecular complexity index is 477. The summed E-state index contributed by atoms with van der Waals surface area (Å²) in [6, 6.07) is 0. The Morgan fingerprint density at radius 1 is 1.33 bits per heavy atom. The number of carbonyl (C=O) groups is 1. The first-order valence-electron chi connectivity index (χ1n) is 8.52. The summed E-state index contributed by atoms with van der Waals surface area (Å²) in [4.78, 5) is 17.0. The van der Waals surface area contributed by atoms with Crippen LogP contribution in [-0.2, 0) is 9.53 Å². The molecule has 1 spiro atoms. The molecule has 0 aromatic rings. The van der Waals surface area contributed by atoms with Crippen molar-refractivity contribution in [2.75, 3.05) is 7.11 Å². The summed E-state index contributed by atoms with van der Waals surface area (Å²) in [7, 11) is 1.77. The number of methoxy groups -OCH3 is 1. The van der Waals surface area contributed by atoms with E-state index in [4.69, 9.17) is 4.74 Å². The van der Waals surface area contributed by atoms with Crippen molar-refractivity contribution in [3.8, 4) is 0 Å². The lowest BCUT2D eigenvalue weighted by molar-refractivity contribution is -0.121. The molecule has 0 saturated heterocycles. The van der Waals surface area contributed by atoms with Gasteiger partial charge in [0.1, 0.15) is 4.75 Å². The van der Waals surface area contributed by atoms with E-state index in [9.17, 15) is 4.79 Å². The van der Waals surface area contributed by atoms with Crippen molar-refractivity contribution in [1.82, 2.24) is 0 Å². The fourth-order valence-corrected chi connectivity index (χ4v) is 6.65. The average molecular weight is 307 g/mol. The van der Waals surface area contributed by atoms with Crippen LogP contribution in [-0.4, -0.2) is 28.9 Å². The minimum atomic E-state index is -0.272. The van der Waals surface area contributed by atoms with Crippen LogP contribution < -0.4 is 0 Å². The highest BCUT2D eigenvalue weighted by atomic mass is 32.2. The zero-order valence-corrected chi connectivity index (χ0v) is 13.7. The molecule has 3 nitrogen and oxygen atoms in total. The Labute approximate surface area is 131 Å². The van der Waals surface area contributed by atoms with E-state index in [2.05, 4.69) is 4.99 Å². The van der Waals surface area contributed by atoms with E-state index in [-0.39, 0.29) is 16.8 Å². The van der Waals surface area contributed by atoms with Crippen molar-refractivity contribution < 1.29 is 9.53 Å². The van der Waals surface area contributed by atoms with Crippen LogP contribution >= 0.6 is 11.8 Å². The Morgan fingerprint density at radius 2 is 2.24 bits per heavy atom. The normalized spacial score (nSPS) is 45.6. The molecular formula is C17H25NO2S. The topological polar surface area (TPSA) is 38.7 Å². The number of amides is 1. The summed E-state index contributed by atoms with van der Waals surface area (Å²) in [5.41, 5.74) is 0. The van der Waals surface area contributed by atoms with Gasteiger partial charge in [-0.05, 0) is 69.1 Å². The molecule has 1 amide bonds. The van der Waals surface area contributed by atoms with Crippen molar-refractivity contribution in [3.63, 3.8) is 0 Å². The third-order valence-electron chi connectivity index (χ3n) is 6.25. The van der Waals surface area contributed by atoms with Crippen molar-refractivity contribution in [3.05, 3.63) is 0 Å². The summed E-state index contributed by atoms with van der Waals surface area (Å²) in [5.74, 6) is 2.83. The van der Waals surface area contributed by atoms with E-state index in [1.165, 1.54) is 25.7 Å². The minimum Gasteiger partial charge on any atom is -0.381 e. The van der Waals surface area contributed by atoms with Crippen LogP contribution in [0.5, 0.6) is 0 Å². The van der Waals surface area contributed by atoms with E-state index in [1.807, 2.05) is 0 Å². The molecular weight excluding hydrogens is 282 g/mol. The lowest BCUT2D eigenvalue weighted by Crippen LogP contribution is -2.39. The molecule has 2 unspecified atom stereocenters. The highest BCUT2D eigenvalue weighted by Gasteiger charge is 2.49. The molecule has 3 saturated carbocycles. The van der Waals surface area contributed by atoms with Gasteiger partial charge in [-0.1, -0.05) is 18.2 Å². The number of carbonyl (C=O) groups excluding carboxylic acids is 1. The van der Waals surface area contributed by atoms with Crippen molar-refractivity contribution in [2.24, 2.45) is 22.7 Å². The van der Waals surface area contributed by atoms with Gasteiger partial charge in [-0.25, -0.2) is 4.99 Å². The summed E-state index contributed by atoms with van der Waals surface area (Å²) in [6.45, 7) is 0. The molecule has 0 N–H and O–H groups in total. The molecule has 3 fully saturated rings. The summed E-state index contributed by atoms with van der Waals surface area (Å²) in [6.07, 6.45) is 11.0. The summed E-state index contributed by atoms with van der Waals surface area (Å²) >= 11 is 1.80. The largest absolute Gasteiger partial charge is 0.381 e. The number of thioether (sulfide) groups is 1. The third kappa shape index (κ3) is 2.48. The zero-order chi connectivity index (χ0) is 14.4. The molecule has 1 aliphatic heterocycles. The molecule has 3 aliphatic carbocycles. The van der Waals surface area contributed by atoms with Gasteiger partial charge in [-0.15, -0.1) is 0 Å². The van der Waals surface area contributed by atoms with Crippen LogP contribution in [0.3, 0.4) is 0 Å². The number of aliphatic imine (C=N–C) groups is 1. The summed E-state index contributed by atoms with van der Waals surface area (Å²) in [5, 5.41) is 1.13. The average Bonchev–Trinajstić information content (AvgIpc) is 3.16. The monoisotopic (exact) mass is 307 g/mol. The van der Waals surface area contributed by atoms with Crippen LogP contribution in [0.2, 0.25) is 0 Å². The van der Waals surface area contributed by atoms with Gasteiger partial charge in [0.15, 0.2) is 0 Å². The Morgan fingerprint density at radius 3 is 2.95 bits per heavy atom. The predicted molar refractivity (Wildman–Crippen MR) is 85.6 cm³/mol. The maximum Gasteiger partial charge on any atom is 0.263 e. The fourth-order valence-electron chi connectivity index (χ4n) is 5.12. The van der Waals surface area contributed by atoms with Crippen molar-refractivity contribution in [2.45, 2.75) is 68.6 Å². The standard InChI is InChI=1S/C17H25NO2S/c1-20-14-3-2-6-17(10-14)16(19)18-15(21-17)9-13-8-11-4-5-12(13)7-11/h11-14H,2-10H2,1H3/t11-,12+,13-,14?,17?/m0/s1. The molecule has 0 aromatic carbocycles. The molecule has 21 heavy (non-hydrogen) atoms. The molecule has 5 atom stereocenters. The van der Waals surface area contributed by atoms with Crippen LogP contribution in [0.15, 0.2) is 4.99 Å². The van der Waals surface area contributed by atoms with E-state index in [0.717, 1.165) is 54.9 Å². The molecule has 0 aromatic heterocycles. The lowest BCUT2D eigenvalue weighted by atomic mass is 9.85. The first kappa shape index (κ1) is 14.3. The quantitative estimate of drug-likeness (QED) is 0.796. The molecule has 4 aliphatic rings. The number of ether oxygens (including phenoxy) is 1. The zero-order valence-electron chi connectivity index (χ0n) is 12.8. The van der Waals surface area contributed by atoms with E-state index in [0.29, 0.717) is 0 Å². The first-order chi connectivity index (χ1) is 10.2. The fraction of sp³-hybridized carbons (Fsp3) is 0.882. The number of rotatable bonds is 3. The molecule has 4 rings (SSSR count). The van der Waals surface area contributed by atoms with Gasteiger partial charge < -0.3 is 4.74 Å². The lowest BCUT2D eigenvalue weighted by Gasteiger charge is -2.34. The number of nitrogens with zero attached hydrogens (tertiary/aromatic N) is 1. The van der Waals surface area contributed by atoms with Gasteiger partial charge in [-0.2, -0.15) is 0 Å². The van der Waals surface area contributed by atoms with Crippen LogP contribution in [0.25, 0.3) is 0 Å². The molecule has 116 valence electrons. The minimum absolute atomic E-state index is 0.132. The number of hydrogen-bond acceptors (Lipinski definition) is 3. The third-order valence-corrected chi connectivity index (χ3v) is 7.68. The molecule has 1 heterocycles. The van der Waals surface area contributed by atoms with Gasteiger partial charge in [0.25, 0.3) is 5.91 Å². The predicted octanol–water partition coefficient (Wildman–Crippen LogP) is 3.81. The van der Waals surface area contributed by atoms with Gasteiger partial charge in [-0.3, -0.25) is 4.79 Å². The molecule has 2 bridgehead atoms. The highest BCUT2D eigenvalue weighted by molar-refractivity contribution is 8.16. The Hall–Kier alpha value is -0.350. The first-order valence-corrected chi connectivity index (χ1v) is 9.34. The Balaban J connectivity index is 1.42. The number of fused-ring (bicyclic) bond motifs is 2. The second-order valence-electron chi connectivity index (χ2n) is 7.50. The van der Waals surface area contributed by atoms with Gasteiger partial charge in [0, 0.05) is 7.11 Å². The maximum absolute atomic E-state index is 12.5. The molecule has 4 heteroatoms. The van der Waals surface area contributed by atoms with E-state index < -0.39 is 0 Å². The van der Waals surface area contributed by atoms with E-state index in [1.54, 1.807) is 18.9 Å². The van der Waals surface area contributed by atoms with Crippen LogP contribution in [0.1, 0.15) is 57.8 Å². The second-order valence-corrected chi connectivity index (χ2v) is 8.96. The van der Waals surface area contributed by atoms with Gasteiger partial charge in [0.05, 0.1) is 11.1 Å². The molecule has 0 radical (unpaired) electrons. The van der Waals surface area contributed by atoms with E-state index >= 15 is 0 Å². The van der Waals surface area contributed by atoms with Crippen LogP contribution in [0, 0.1) is 17.8 Å². The van der Waals surface area contributed by atoms with Gasteiger partial charge in [0.2, 0.25) is 0 Å². The van der Waals surface area contributed by atoms with Gasteiger partial charge >= 0.3 is 0 Å². The number of hydrogen-bond donors (Lipinski definition) is 0. The van der Waals surface area contributed by atoms with Crippen molar-refractivity contribution >= 4 is 22.7 Å². The SMILES string of the molecule is COC1CCCC2(C1)SC(C[C@@H]1C[C@H]3CC[C@@H]1C3)=NC2=O. The van der Waals surface area contributed by atoms with Crippen LogP contribution in [0.4, 0.5) is 0 Å². The smallest absolute Gasteiger partial charge is 0.263 e. The van der Waals surface area contributed by atoms with Crippen molar-refractivity contribution in [1.29, 1.82) is 0 Å². The summed E-state index contributed by atoms with van der Waals surface area (Å²) < 4.78 is 5.25. The maximum atomic E-state index is 12.5. The highest BCUT2D eigenvalue weighted by Crippen LogP contribution is 2.52.